The predicted molar refractivity (Wildman–Crippen MR) is 88.4 cm³/mol. The van der Waals surface area contributed by atoms with Gasteiger partial charge in [0.05, 0.1) is 19.8 Å². The molecule has 1 amide bonds. The third-order valence-electron chi connectivity index (χ3n) is 3.09. The van der Waals surface area contributed by atoms with Gasteiger partial charge in [0, 0.05) is 11.8 Å². The van der Waals surface area contributed by atoms with Crippen LogP contribution in [0.2, 0.25) is 0 Å². The van der Waals surface area contributed by atoms with Crippen molar-refractivity contribution in [2.75, 3.05) is 19.5 Å². The third-order valence-corrected chi connectivity index (χ3v) is 3.09. The van der Waals surface area contributed by atoms with Gasteiger partial charge >= 0.3 is 5.97 Å². The zero-order valence-electron chi connectivity index (χ0n) is 12.9. The van der Waals surface area contributed by atoms with Crippen molar-refractivity contribution in [1.82, 2.24) is 0 Å². The van der Waals surface area contributed by atoms with Crippen LogP contribution in [0.5, 0.6) is 5.75 Å². The molecule has 23 heavy (non-hydrogen) atoms. The fraction of sp³-hybridized carbons (Fsp3) is 0.111. The number of esters is 1. The van der Waals surface area contributed by atoms with E-state index in [1.807, 2.05) is 24.3 Å². The maximum atomic E-state index is 11.9. The summed E-state index contributed by atoms with van der Waals surface area (Å²) in [5.74, 6) is 0.0175. The fourth-order valence-electron chi connectivity index (χ4n) is 1.91. The van der Waals surface area contributed by atoms with Gasteiger partial charge in [-0.15, -0.1) is 0 Å². The van der Waals surface area contributed by atoms with Crippen LogP contribution in [0.3, 0.4) is 0 Å². The zero-order valence-corrected chi connectivity index (χ0v) is 12.9. The van der Waals surface area contributed by atoms with E-state index in [1.54, 1.807) is 37.5 Å². The van der Waals surface area contributed by atoms with Crippen LogP contribution in [0.1, 0.15) is 15.9 Å². The standard InChI is InChI=1S/C18H17NO4/c1-22-16-9-6-13(7-10-16)8-11-17(20)19-15-5-3-4-14(12-15)18(21)23-2/h3-12H,1-2H3,(H,19,20)/b11-8+. The van der Waals surface area contributed by atoms with Gasteiger partial charge in [-0.25, -0.2) is 4.79 Å². The van der Waals surface area contributed by atoms with E-state index >= 15 is 0 Å². The quantitative estimate of drug-likeness (QED) is 0.680. The van der Waals surface area contributed by atoms with E-state index in [9.17, 15) is 9.59 Å². The lowest BCUT2D eigenvalue weighted by Gasteiger charge is -2.04. The summed E-state index contributed by atoms with van der Waals surface area (Å²) >= 11 is 0. The number of anilines is 1. The second kappa shape index (κ2) is 7.79. The minimum Gasteiger partial charge on any atom is -0.497 e. The SMILES string of the molecule is COC(=O)c1cccc(NC(=O)/C=C/c2ccc(OC)cc2)c1. The summed E-state index contributed by atoms with van der Waals surface area (Å²) in [5, 5.41) is 2.70. The Morgan fingerprint density at radius 3 is 2.43 bits per heavy atom. The number of nitrogens with one attached hydrogen (secondary N) is 1. The number of benzene rings is 2. The first kappa shape index (κ1) is 16.3. The van der Waals surface area contributed by atoms with Crippen molar-refractivity contribution in [3.63, 3.8) is 0 Å². The summed E-state index contributed by atoms with van der Waals surface area (Å²) in [6.07, 6.45) is 3.12. The summed E-state index contributed by atoms with van der Waals surface area (Å²) in [5.41, 5.74) is 1.78. The van der Waals surface area contributed by atoms with Crippen LogP contribution >= 0.6 is 0 Å². The number of hydrogen-bond donors (Lipinski definition) is 1. The number of amides is 1. The summed E-state index contributed by atoms with van der Waals surface area (Å²) in [7, 11) is 2.91. The Morgan fingerprint density at radius 2 is 1.78 bits per heavy atom. The highest BCUT2D eigenvalue weighted by Crippen LogP contribution is 2.13. The Hall–Kier alpha value is -3.08. The van der Waals surface area contributed by atoms with Crippen molar-refractivity contribution in [1.29, 1.82) is 0 Å². The van der Waals surface area contributed by atoms with Crippen molar-refractivity contribution in [3.8, 4) is 5.75 Å². The highest BCUT2D eigenvalue weighted by atomic mass is 16.5. The van der Waals surface area contributed by atoms with E-state index in [0.29, 0.717) is 11.3 Å². The minimum absolute atomic E-state index is 0.289. The highest BCUT2D eigenvalue weighted by Gasteiger charge is 2.06. The highest BCUT2D eigenvalue weighted by molar-refractivity contribution is 6.02. The van der Waals surface area contributed by atoms with Gasteiger partial charge in [0.25, 0.3) is 0 Å². The Morgan fingerprint density at radius 1 is 1.04 bits per heavy atom. The van der Waals surface area contributed by atoms with Gasteiger partial charge < -0.3 is 14.8 Å². The lowest BCUT2D eigenvalue weighted by Crippen LogP contribution is -2.09. The summed E-state index contributed by atoms with van der Waals surface area (Å²) in [4.78, 5) is 23.4. The Balaban J connectivity index is 2.01. The first-order chi connectivity index (χ1) is 11.1. The molecule has 2 aromatic carbocycles. The van der Waals surface area contributed by atoms with Crippen LogP contribution in [-0.2, 0) is 9.53 Å². The van der Waals surface area contributed by atoms with Crippen molar-refractivity contribution in [3.05, 3.63) is 65.7 Å². The number of hydrogen-bond acceptors (Lipinski definition) is 4. The second-order valence-electron chi connectivity index (χ2n) is 4.67. The molecule has 0 saturated heterocycles. The van der Waals surface area contributed by atoms with Crippen LogP contribution in [0.4, 0.5) is 5.69 Å². The topological polar surface area (TPSA) is 64.6 Å². The molecule has 0 aliphatic carbocycles. The average Bonchev–Trinajstić information content (AvgIpc) is 2.60. The van der Waals surface area contributed by atoms with Gasteiger partial charge in [-0.05, 0) is 42.0 Å². The molecule has 0 bridgehead atoms. The molecule has 0 spiro atoms. The molecule has 5 nitrogen and oxygen atoms in total. The van der Waals surface area contributed by atoms with Gasteiger partial charge in [0.2, 0.25) is 5.91 Å². The molecule has 0 unspecified atom stereocenters. The molecule has 2 rings (SSSR count). The molecule has 0 aromatic heterocycles. The van der Waals surface area contributed by atoms with E-state index in [0.717, 1.165) is 11.3 Å². The predicted octanol–water partition coefficient (Wildman–Crippen LogP) is 3.13. The maximum absolute atomic E-state index is 11.9. The maximum Gasteiger partial charge on any atom is 0.337 e. The molecule has 2 aromatic rings. The van der Waals surface area contributed by atoms with Gasteiger partial charge in [0.15, 0.2) is 0 Å². The molecule has 0 radical (unpaired) electrons. The molecule has 1 N–H and O–H groups in total. The second-order valence-corrected chi connectivity index (χ2v) is 4.67. The molecule has 118 valence electrons. The molecule has 5 heteroatoms. The number of carbonyl (C=O) groups excluding carboxylic acids is 2. The summed E-state index contributed by atoms with van der Waals surface area (Å²) in [6, 6.07) is 13.9. The van der Waals surface area contributed by atoms with E-state index < -0.39 is 5.97 Å². The first-order valence-electron chi connectivity index (χ1n) is 6.94. The lowest BCUT2D eigenvalue weighted by molar-refractivity contribution is -0.111. The molecule has 0 atom stereocenters. The molecule has 0 saturated carbocycles. The van der Waals surface area contributed by atoms with E-state index in [-0.39, 0.29) is 5.91 Å². The van der Waals surface area contributed by atoms with Gasteiger partial charge in [-0.3, -0.25) is 4.79 Å². The van der Waals surface area contributed by atoms with Crippen LogP contribution in [0.15, 0.2) is 54.6 Å². The van der Waals surface area contributed by atoms with Gasteiger partial charge in [-0.1, -0.05) is 18.2 Å². The molecule has 0 aliphatic heterocycles. The number of methoxy groups -OCH3 is 2. The van der Waals surface area contributed by atoms with Crippen molar-refractivity contribution in [2.24, 2.45) is 0 Å². The largest absolute Gasteiger partial charge is 0.497 e. The molecule has 0 aliphatic rings. The Kier molecular flexibility index (Phi) is 5.52. The lowest BCUT2D eigenvalue weighted by atomic mass is 10.2. The van der Waals surface area contributed by atoms with Crippen molar-refractivity contribution >= 4 is 23.6 Å². The minimum atomic E-state index is -0.449. The van der Waals surface area contributed by atoms with E-state index in [1.165, 1.54) is 13.2 Å². The first-order valence-corrected chi connectivity index (χ1v) is 6.94. The summed E-state index contributed by atoms with van der Waals surface area (Å²) < 4.78 is 9.72. The fourth-order valence-corrected chi connectivity index (χ4v) is 1.91. The van der Waals surface area contributed by atoms with Crippen molar-refractivity contribution in [2.45, 2.75) is 0 Å². The van der Waals surface area contributed by atoms with Crippen molar-refractivity contribution < 1.29 is 19.1 Å². The molecular weight excluding hydrogens is 294 g/mol. The Bertz CT molecular complexity index is 720. The molecular formula is C18H17NO4. The van der Waals surface area contributed by atoms with Gasteiger partial charge in [-0.2, -0.15) is 0 Å². The monoisotopic (exact) mass is 311 g/mol. The zero-order chi connectivity index (χ0) is 16.7. The van der Waals surface area contributed by atoms with Gasteiger partial charge in [0.1, 0.15) is 5.75 Å². The van der Waals surface area contributed by atoms with Crippen LogP contribution in [0.25, 0.3) is 6.08 Å². The number of ether oxygens (including phenoxy) is 2. The van der Waals surface area contributed by atoms with Crippen LogP contribution < -0.4 is 10.1 Å². The summed E-state index contributed by atoms with van der Waals surface area (Å²) in [6.45, 7) is 0. The molecule has 0 heterocycles. The van der Waals surface area contributed by atoms with E-state index in [2.05, 4.69) is 10.1 Å². The normalized spacial score (nSPS) is 10.3. The number of rotatable bonds is 5. The smallest absolute Gasteiger partial charge is 0.337 e. The van der Waals surface area contributed by atoms with Crippen LogP contribution in [-0.4, -0.2) is 26.1 Å². The third kappa shape index (κ3) is 4.71. The number of carbonyl (C=O) groups is 2. The average molecular weight is 311 g/mol. The molecule has 0 fully saturated rings. The Labute approximate surface area is 134 Å². The van der Waals surface area contributed by atoms with E-state index in [4.69, 9.17) is 4.74 Å². The van der Waals surface area contributed by atoms with Crippen LogP contribution in [0, 0.1) is 0 Å².